The van der Waals surface area contributed by atoms with Crippen LogP contribution >= 0.6 is 0 Å². The van der Waals surface area contributed by atoms with Crippen molar-refractivity contribution in [2.24, 2.45) is 22.7 Å². The molecule has 1 aromatic heterocycles. The summed E-state index contributed by atoms with van der Waals surface area (Å²) in [6.07, 6.45) is 2.15. The Morgan fingerprint density at radius 2 is 1.75 bits per heavy atom. The highest BCUT2D eigenvalue weighted by Crippen LogP contribution is 2.54. The Hall–Kier alpha value is -3.30. The van der Waals surface area contributed by atoms with E-state index in [-0.39, 0.29) is 40.4 Å². The summed E-state index contributed by atoms with van der Waals surface area (Å²) in [7, 11) is 1.56. The number of aromatic nitrogens is 1. The van der Waals surface area contributed by atoms with Crippen molar-refractivity contribution >= 4 is 17.7 Å². The van der Waals surface area contributed by atoms with E-state index >= 15 is 0 Å². The molecule has 2 aliphatic heterocycles. The lowest BCUT2D eigenvalue weighted by Crippen LogP contribution is -2.65. The molecule has 0 radical (unpaired) electrons. The highest BCUT2D eigenvalue weighted by molar-refractivity contribution is 5.90. The molecule has 3 fully saturated rings. The molecule has 2 saturated heterocycles. The van der Waals surface area contributed by atoms with E-state index in [0.717, 1.165) is 17.7 Å². The second kappa shape index (κ2) is 11.3. The van der Waals surface area contributed by atoms with Crippen LogP contribution in [0.4, 0.5) is 0 Å². The third kappa shape index (κ3) is 5.90. The fraction of sp³-hybridized carbons (Fsp3) is 0.548. The Labute approximate surface area is 236 Å². The summed E-state index contributed by atoms with van der Waals surface area (Å²) < 4.78 is 6.02. The smallest absolute Gasteiger partial charge is 0.245 e. The number of likely N-dealkylation sites (tertiary alicyclic amines) is 2. The van der Waals surface area contributed by atoms with Gasteiger partial charge >= 0.3 is 0 Å². The van der Waals surface area contributed by atoms with Gasteiger partial charge in [-0.1, -0.05) is 50.2 Å². The molecule has 1 aromatic carbocycles. The molecule has 3 amide bonds. The number of carbonyl (C=O) groups is 3. The molecule has 40 heavy (non-hydrogen) atoms. The van der Waals surface area contributed by atoms with Gasteiger partial charge in [0, 0.05) is 57.3 Å². The maximum Gasteiger partial charge on any atom is 0.245 e. The summed E-state index contributed by atoms with van der Waals surface area (Å²) in [4.78, 5) is 48.5. The zero-order valence-electron chi connectivity index (χ0n) is 23.9. The van der Waals surface area contributed by atoms with E-state index in [9.17, 15) is 14.4 Å². The minimum absolute atomic E-state index is 0.0634. The van der Waals surface area contributed by atoms with E-state index in [0.29, 0.717) is 39.3 Å². The van der Waals surface area contributed by atoms with Crippen LogP contribution in [-0.2, 0) is 32.3 Å². The molecule has 2 aromatic rings. The Bertz CT molecular complexity index is 1210. The van der Waals surface area contributed by atoms with Crippen LogP contribution < -0.4 is 10.6 Å². The van der Waals surface area contributed by atoms with Crippen molar-refractivity contribution in [3.05, 3.63) is 66.0 Å². The molecule has 3 aliphatic rings. The van der Waals surface area contributed by atoms with Crippen molar-refractivity contribution in [1.29, 1.82) is 0 Å². The first kappa shape index (κ1) is 28.2. The largest absolute Gasteiger partial charge is 0.371 e. The van der Waals surface area contributed by atoms with Crippen molar-refractivity contribution in [3.63, 3.8) is 0 Å². The average molecular weight is 548 g/mol. The molecule has 1 aliphatic carbocycles. The topological polar surface area (TPSA) is 104 Å². The molecular formula is C31H41N5O4. The van der Waals surface area contributed by atoms with Crippen LogP contribution in [-0.4, -0.2) is 77.9 Å². The fourth-order valence-corrected chi connectivity index (χ4v) is 6.28. The summed E-state index contributed by atoms with van der Waals surface area (Å²) in [6, 6.07) is 14.7. The zero-order valence-corrected chi connectivity index (χ0v) is 23.9. The van der Waals surface area contributed by atoms with Crippen LogP contribution in [0, 0.1) is 22.7 Å². The van der Waals surface area contributed by atoms with E-state index < -0.39 is 12.1 Å². The minimum atomic E-state index is -0.840. The molecular weight excluding hydrogens is 506 g/mol. The molecule has 0 unspecified atom stereocenters. The van der Waals surface area contributed by atoms with Gasteiger partial charge in [0.2, 0.25) is 17.7 Å². The van der Waals surface area contributed by atoms with Gasteiger partial charge in [-0.15, -0.1) is 0 Å². The van der Waals surface area contributed by atoms with Gasteiger partial charge in [-0.3, -0.25) is 24.3 Å². The van der Waals surface area contributed by atoms with Gasteiger partial charge in [0.1, 0.15) is 6.04 Å². The van der Waals surface area contributed by atoms with Crippen LogP contribution in [0.3, 0.4) is 0 Å². The molecule has 214 valence electrons. The number of nitrogens with zero attached hydrogens (tertiary/aromatic N) is 3. The van der Waals surface area contributed by atoms with Crippen molar-refractivity contribution in [1.82, 2.24) is 25.4 Å². The molecule has 1 saturated carbocycles. The van der Waals surface area contributed by atoms with Crippen molar-refractivity contribution < 1.29 is 19.1 Å². The summed E-state index contributed by atoms with van der Waals surface area (Å²) in [5.41, 5.74) is 1.65. The van der Waals surface area contributed by atoms with Crippen molar-refractivity contribution in [3.8, 4) is 0 Å². The number of carbonyl (C=O) groups excluding carboxylic acids is 3. The molecule has 2 N–H and O–H groups in total. The van der Waals surface area contributed by atoms with Crippen LogP contribution in [0.2, 0.25) is 0 Å². The maximum absolute atomic E-state index is 13.9. The third-order valence-corrected chi connectivity index (χ3v) is 8.93. The summed E-state index contributed by atoms with van der Waals surface area (Å²) in [5, 5.41) is 5.70. The van der Waals surface area contributed by atoms with Gasteiger partial charge in [0.05, 0.1) is 24.3 Å². The van der Waals surface area contributed by atoms with Crippen LogP contribution in [0.15, 0.2) is 54.7 Å². The average Bonchev–Trinajstić information content (AvgIpc) is 3.41. The molecule has 4 atom stereocenters. The first-order valence-corrected chi connectivity index (χ1v) is 14.2. The van der Waals surface area contributed by atoms with Gasteiger partial charge in [-0.25, -0.2) is 0 Å². The Morgan fingerprint density at radius 1 is 1.05 bits per heavy atom. The van der Waals surface area contributed by atoms with E-state index in [1.165, 1.54) is 0 Å². The Kier molecular flexibility index (Phi) is 7.97. The fourth-order valence-electron chi connectivity index (χ4n) is 6.28. The standard InChI is InChI=1S/C31H41N5O4/c1-21(40-17-22-10-6-5-7-11-22)26(28(38)32-4)34-27(37)25-16-35(15-23-12-8-9-13-33-23)18-31(25)19-36(20-31)29(39)24-14-30(24,2)3/h5-13,21,24-26H,14-20H2,1-4H3,(H,32,38)(H,34,37)/t21-,24-,25-,26+/m1/s1. The number of rotatable bonds is 10. The first-order chi connectivity index (χ1) is 19.1. The number of benzene rings is 1. The van der Waals surface area contributed by atoms with Crippen LogP contribution in [0.5, 0.6) is 0 Å². The second-order valence-corrected chi connectivity index (χ2v) is 12.4. The van der Waals surface area contributed by atoms with E-state index in [2.05, 4.69) is 34.4 Å². The number of pyridine rings is 1. The molecule has 9 heteroatoms. The number of amides is 3. The van der Waals surface area contributed by atoms with Gasteiger partial charge in [0.15, 0.2) is 0 Å². The summed E-state index contributed by atoms with van der Waals surface area (Å²) in [6.45, 7) is 9.39. The van der Waals surface area contributed by atoms with E-state index in [1.54, 1.807) is 13.2 Å². The van der Waals surface area contributed by atoms with Gasteiger partial charge < -0.3 is 20.3 Å². The lowest BCUT2D eigenvalue weighted by molar-refractivity contribution is -0.152. The predicted molar refractivity (Wildman–Crippen MR) is 151 cm³/mol. The molecule has 5 rings (SSSR count). The van der Waals surface area contributed by atoms with Crippen LogP contribution in [0.25, 0.3) is 0 Å². The minimum Gasteiger partial charge on any atom is -0.371 e. The maximum atomic E-state index is 13.9. The number of nitrogens with one attached hydrogen (secondary N) is 2. The number of ether oxygens (including phenoxy) is 1. The molecule has 1 spiro atoms. The van der Waals surface area contributed by atoms with Gasteiger partial charge in [-0.2, -0.15) is 0 Å². The monoisotopic (exact) mass is 547 g/mol. The number of likely N-dealkylation sites (N-methyl/N-ethyl adjacent to an activating group) is 1. The van der Waals surface area contributed by atoms with Crippen LogP contribution in [0.1, 0.15) is 38.4 Å². The van der Waals surface area contributed by atoms with Crippen molar-refractivity contribution in [2.45, 2.75) is 52.5 Å². The Morgan fingerprint density at radius 3 is 2.38 bits per heavy atom. The van der Waals surface area contributed by atoms with E-state index in [1.807, 2.05) is 60.4 Å². The van der Waals surface area contributed by atoms with Crippen molar-refractivity contribution in [2.75, 3.05) is 33.2 Å². The van der Waals surface area contributed by atoms with E-state index in [4.69, 9.17) is 4.74 Å². The predicted octanol–water partition coefficient (Wildman–Crippen LogP) is 2.22. The lowest BCUT2D eigenvalue weighted by Gasteiger charge is -2.51. The molecule has 0 bridgehead atoms. The quantitative estimate of drug-likeness (QED) is 0.473. The van der Waals surface area contributed by atoms with Gasteiger partial charge in [0.25, 0.3) is 0 Å². The Balaban J connectivity index is 1.29. The third-order valence-electron chi connectivity index (χ3n) is 8.93. The van der Waals surface area contributed by atoms with Gasteiger partial charge in [-0.05, 0) is 36.5 Å². The molecule has 3 heterocycles. The SMILES string of the molecule is CNC(=O)[C@@H](NC(=O)[C@H]1CN(Cc2ccccn2)CC12CN(C(=O)[C@H]1CC1(C)C)C2)[C@@H](C)OCc1ccccc1. The zero-order chi connectivity index (χ0) is 28.5. The lowest BCUT2D eigenvalue weighted by atomic mass is 9.70. The first-order valence-electron chi connectivity index (χ1n) is 14.2. The normalized spacial score (nSPS) is 24.1. The summed E-state index contributed by atoms with van der Waals surface area (Å²) >= 11 is 0. The summed E-state index contributed by atoms with van der Waals surface area (Å²) in [5.74, 6) is -0.563. The highest BCUT2D eigenvalue weighted by Gasteiger charge is 2.61. The number of hydrogen-bond acceptors (Lipinski definition) is 6. The molecule has 9 nitrogen and oxygen atoms in total. The number of hydrogen-bond donors (Lipinski definition) is 2. The highest BCUT2D eigenvalue weighted by atomic mass is 16.5. The second-order valence-electron chi connectivity index (χ2n) is 12.4.